The Morgan fingerprint density at radius 3 is 2.33 bits per heavy atom. The summed E-state index contributed by atoms with van der Waals surface area (Å²) >= 11 is 0. The quantitative estimate of drug-likeness (QED) is 0.447. The summed E-state index contributed by atoms with van der Waals surface area (Å²) < 4.78 is 10.4. The maximum absolute atomic E-state index is 13.0. The van der Waals surface area contributed by atoms with Crippen molar-refractivity contribution in [2.45, 2.75) is 45.1 Å². The molecule has 2 aromatic rings. The molecule has 0 saturated heterocycles. The second kappa shape index (κ2) is 11.0. The molecule has 0 unspecified atom stereocenters. The molecule has 0 spiro atoms. The molecular weight excluding hydrogens is 466 g/mol. The van der Waals surface area contributed by atoms with Crippen LogP contribution in [0.5, 0.6) is 5.75 Å². The Morgan fingerprint density at radius 2 is 1.64 bits per heavy atom. The van der Waals surface area contributed by atoms with Crippen molar-refractivity contribution in [2.75, 3.05) is 18.1 Å². The van der Waals surface area contributed by atoms with E-state index in [-0.39, 0.29) is 22.7 Å². The molecule has 1 fully saturated rings. The number of urea groups is 1. The van der Waals surface area contributed by atoms with Crippen molar-refractivity contribution < 1.29 is 33.4 Å². The number of anilines is 1. The smallest absolute Gasteiger partial charge is 0.338 e. The van der Waals surface area contributed by atoms with Gasteiger partial charge in [0.15, 0.2) is 6.61 Å². The highest BCUT2D eigenvalue weighted by Gasteiger charge is 2.37. The zero-order valence-corrected chi connectivity index (χ0v) is 19.9. The maximum Gasteiger partial charge on any atom is 0.338 e. The van der Waals surface area contributed by atoms with E-state index in [1.807, 2.05) is 6.92 Å². The molecule has 5 amide bonds. The second-order valence-corrected chi connectivity index (χ2v) is 8.57. The van der Waals surface area contributed by atoms with E-state index in [2.05, 4.69) is 10.6 Å². The fraction of sp³-hybridized carbons (Fsp3) is 0.346. The average molecular weight is 494 g/mol. The van der Waals surface area contributed by atoms with Gasteiger partial charge in [0.05, 0.1) is 29.0 Å². The number of carbonyl (C=O) groups excluding carboxylic acids is 5. The van der Waals surface area contributed by atoms with Gasteiger partial charge >= 0.3 is 12.0 Å². The normalized spacial score (nSPS) is 15.3. The number of nitrogens with one attached hydrogen (secondary N) is 2. The van der Waals surface area contributed by atoms with Crippen LogP contribution in [0.1, 0.15) is 70.1 Å². The zero-order chi connectivity index (χ0) is 25.7. The Morgan fingerprint density at radius 1 is 0.944 bits per heavy atom. The summed E-state index contributed by atoms with van der Waals surface area (Å²) in [4.78, 5) is 63.2. The zero-order valence-electron chi connectivity index (χ0n) is 19.9. The van der Waals surface area contributed by atoms with Gasteiger partial charge in [0, 0.05) is 6.04 Å². The minimum Gasteiger partial charge on any atom is -0.494 e. The van der Waals surface area contributed by atoms with Crippen molar-refractivity contribution in [3.05, 3.63) is 59.2 Å². The summed E-state index contributed by atoms with van der Waals surface area (Å²) in [7, 11) is 0. The molecule has 2 N–H and O–H groups in total. The van der Waals surface area contributed by atoms with E-state index in [1.165, 1.54) is 18.2 Å². The van der Waals surface area contributed by atoms with E-state index in [4.69, 9.17) is 9.47 Å². The lowest BCUT2D eigenvalue weighted by molar-refractivity contribution is -0.123. The number of carbonyl (C=O) groups is 5. The van der Waals surface area contributed by atoms with Gasteiger partial charge in [0.2, 0.25) is 0 Å². The summed E-state index contributed by atoms with van der Waals surface area (Å²) in [6, 6.07) is 9.91. The van der Waals surface area contributed by atoms with Crippen molar-refractivity contribution in [1.29, 1.82) is 0 Å². The van der Waals surface area contributed by atoms with Gasteiger partial charge < -0.3 is 14.8 Å². The fourth-order valence-electron chi connectivity index (χ4n) is 4.31. The number of rotatable bonds is 7. The third-order valence-electron chi connectivity index (χ3n) is 6.06. The molecule has 0 bridgehead atoms. The molecule has 4 rings (SSSR count). The van der Waals surface area contributed by atoms with Crippen molar-refractivity contribution in [3.63, 3.8) is 0 Å². The maximum atomic E-state index is 13.0. The summed E-state index contributed by atoms with van der Waals surface area (Å²) in [6.45, 7) is 1.67. The summed E-state index contributed by atoms with van der Waals surface area (Å²) in [5.74, 6) is -2.11. The topological polar surface area (TPSA) is 131 Å². The van der Waals surface area contributed by atoms with Gasteiger partial charge in [-0.2, -0.15) is 0 Å². The molecule has 10 heteroatoms. The van der Waals surface area contributed by atoms with E-state index < -0.39 is 36.3 Å². The predicted molar refractivity (Wildman–Crippen MR) is 129 cm³/mol. The molecule has 2 aliphatic rings. The van der Waals surface area contributed by atoms with Gasteiger partial charge in [0.25, 0.3) is 17.7 Å². The lowest BCUT2D eigenvalue weighted by atomic mass is 9.96. The van der Waals surface area contributed by atoms with Crippen LogP contribution in [0.15, 0.2) is 42.5 Å². The third-order valence-corrected chi connectivity index (χ3v) is 6.06. The molecule has 10 nitrogen and oxygen atoms in total. The van der Waals surface area contributed by atoms with E-state index in [9.17, 15) is 24.0 Å². The Balaban J connectivity index is 1.35. The Labute approximate surface area is 207 Å². The number of nitrogens with zero attached hydrogens (tertiary/aromatic N) is 1. The lowest BCUT2D eigenvalue weighted by Gasteiger charge is -2.22. The van der Waals surface area contributed by atoms with Gasteiger partial charge in [-0.3, -0.25) is 19.7 Å². The molecule has 0 aromatic heterocycles. The minimum absolute atomic E-state index is 0.00269. The van der Waals surface area contributed by atoms with Gasteiger partial charge in [-0.1, -0.05) is 19.3 Å². The van der Waals surface area contributed by atoms with Crippen molar-refractivity contribution in [2.24, 2.45) is 0 Å². The number of benzene rings is 2. The fourth-order valence-corrected chi connectivity index (χ4v) is 4.31. The number of hydrogen-bond donors (Lipinski definition) is 2. The first-order chi connectivity index (χ1) is 17.4. The third kappa shape index (κ3) is 5.54. The van der Waals surface area contributed by atoms with Crippen LogP contribution < -0.4 is 20.3 Å². The molecule has 1 aliphatic heterocycles. The predicted octanol–water partition coefficient (Wildman–Crippen LogP) is 3.20. The van der Waals surface area contributed by atoms with Crippen LogP contribution in [0.3, 0.4) is 0 Å². The first kappa shape index (κ1) is 24.9. The van der Waals surface area contributed by atoms with Crippen LogP contribution in [-0.2, 0) is 9.53 Å². The molecule has 1 saturated carbocycles. The highest BCUT2D eigenvalue weighted by molar-refractivity contribution is 6.34. The van der Waals surface area contributed by atoms with Crippen LogP contribution in [-0.4, -0.2) is 49.0 Å². The van der Waals surface area contributed by atoms with Crippen molar-refractivity contribution >= 4 is 35.4 Å². The SMILES string of the molecule is CCOc1ccc(N2C(=O)c3ccc(C(=O)OCC(=O)NC(=O)NC4CCCCC4)cc3C2=O)cc1. The molecular formula is C26H27N3O7. The Kier molecular flexibility index (Phi) is 7.62. The number of imide groups is 2. The number of fused-ring (bicyclic) bond motifs is 1. The van der Waals surface area contributed by atoms with Crippen LogP contribution in [0.2, 0.25) is 0 Å². The highest BCUT2D eigenvalue weighted by Crippen LogP contribution is 2.30. The number of ether oxygens (including phenoxy) is 2. The second-order valence-electron chi connectivity index (χ2n) is 8.57. The van der Waals surface area contributed by atoms with Gasteiger partial charge in [-0.05, 0) is 62.2 Å². The Hall–Kier alpha value is -4.21. The molecule has 1 aliphatic carbocycles. The van der Waals surface area contributed by atoms with Gasteiger partial charge in [-0.25, -0.2) is 14.5 Å². The lowest BCUT2D eigenvalue weighted by Crippen LogP contribution is -2.46. The molecule has 1 heterocycles. The van der Waals surface area contributed by atoms with Gasteiger partial charge in [0.1, 0.15) is 5.75 Å². The largest absolute Gasteiger partial charge is 0.494 e. The minimum atomic E-state index is -0.861. The molecule has 0 atom stereocenters. The van der Waals surface area contributed by atoms with E-state index in [1.54, 1.807) is 24.3 Å². The summed E-state index contributed by atoms with van der Waals surface area (Å²) in [5, 5.41) is 4.88. The van der Waals surface area contributed by atoms with Crippen molar-refractivity contribution in [3.8, 4) is 5.75 Å². The Bertz CT molecular complexity index is 1190. The molecule has 2 aromatic carbocycles. The number of esters is 1. The number of amides is 5. The first-order valence-electron chi connectivity index (χ1n) is 11.9. The number of hydrogen-bond acceptors (Lipinski definition) is 7. The van der Waals surface area contributed by atoms with E-state index in [0.717, 1.165) is 37.0 Å². The van der Waals surface area contributed by atoms with Crippen LogP contribution in [0.25, 0.3) is 0 Å². The van der Waals surface area contributed by atoms with Crippen LogP contribution in [0.4, 0.5) is 10.5 Å². The molecule has 188 valence electrons. The van der Waals surface area contributed by atoms with Crippen LogP contribution in [0, 0.1) is 0 Å². The van der Waals surface area contributed by atoms with E-state index in [0.29, 0.717) is 18.0 Å². The molecule has 0 radical (unpaired) electrons. The van der Waals surface area contributed by atoms with E-state index >= 15 is 0 Å². The molecule has 36 heavy (non-hydrogen) atoms. The van der Waals surface area contributed by atoms with Crippen LogP contribution >= 0.6 is 0 Å². The highest BCUT2D eigenvalue weighted by atomic mass is 16.5. The summed E-state index contributed by atoms with van der Waals surface area (Å²) in [5.41, 5.74) is 0.585. The average Bonchev–Trinajstić information content (AvgIpc) is 3.13. The summed E-state index contributed by atoms with van der Waals surface area (Å²) in [6.07, 6.45) is 4.93. The monoisotopic (exact) mass is 493 g/mol. The standard InChI is InChI=1S/C26H27N3O7/c1-2-35-19-11-9-18(10-12-19)29-23(31)20-13-8-16(14-21(20)24(29)32)25(33)36-15-22(30)28-26(34)27-17-6-4-3-5-7-17/h8-14,17H,2-7,15H2,1H3,(H2,27,28,30,34). The van der Waals surface area contributed by atoms with Crippen molar-refractivity contribution in [1.82, 2.24) is 10.6 Å². The first-order valence-corrected chi connectivity index (χ1v) is 11.9. The van der Waals surface area contributed by atoms with Gasteiger partial charge in [-0.15, -0.1) is 0 Å².